The molecule has 0 bridgehead atoms. The zero-order valence-corrected chi connectivity index (χ0v) is 12.9. The van der Waals surface area contributed by atoms with Crippen LogP contribution in [-0.4, -0.2) is 13.4 Å². The van der Waals surface area contributed by atoms with E-state index in [4.69, 9.17) is 0 Å². The second-order valence-electron chi connectivity index (χ2n) is 4.21. The smallest absolute Gasteiger partial charge is 0.263 e. The molecule has 2 rings (SSSR count). The maximum Gasteiger partial charge on any atom is 0.263 e. The number of aromatic nitrogens is 1. The minimum absolute atomic E-state index is 0.229. The van der Waals surface area contributed by atoms with E-state index in [2.05, 4.69) is 25.6 Å². The summed E-state index contributed by atoms with van der Waals surface area (Å²) in [7, 11) is -3.61. The van der Waals surface area contributed by atoms with Gasteiger partial charge >= 0.3 is 0 Å². The number of benzene rings is 1. The van der Waals surface area contributed by atoms with E-state index in [0.29, 0.717) is 10.2 Å². The number of nitrogens with one attached hydrogen (secondary N) is 1. The summed E-state index contributed by atoms with van der Waals surface area (Å²) in [6, 6.07) is 6.67. The molecule has 0 atom stereocenters. The van der Waals surface area contributed by atoms with Crippen LogP contribution in [0, 0.1) is 13.8 Å². The predicted octanol–water partition coefficient (Wildman–Crippen LogP) is 3.26. The lowest BCUT2D eigenvalue weighted by Crippen LogP contribution is -2.14. The standard InChI is InChI=1S/C13H13BrN2O2S/c1-9-7-12(14)13(8-10(9)2)19(17,18)16-11-3-5-15-6-4-11/h3-8H,1-2H3,(H,15,16). The minimum atomic E-state index is -3.61. The Hall–Kier alpha value is -1.40. The zero-order valence-electron chi connectivity index (χ0n) is 10.5. The van der Waals surface area contributed by atoms with Crippen LogP contribution in [0.5, 0.6) is 0 Å². The van der Waals surface area contributed by atoms with Gasteiger partial charge in [-0.3, -0.25) is 9.71 Å². The van der Waals surface area contributed by atoms with Gasteiger partial charge in [0.05, 0.1) is 5.69 Å². The van der Waals surface area contributed by atoms with Crippen molar-refractivity contribution in [2.24, 2.45) is 0 Å². The van der Waals surface area contributed by atoms with Gasteiger partial charge in [-0.1, -0.05) is 0 Å². The van der Waals surface area contributed by atoms with Crippen LogP contribution in [0.15, 0.2) is 46.0 Å². The van der Waals surface area contributed by atoms with Gasteiger partial charge in [0.1, 0.15) is 4.90 Å². The van der Waals surface area contributed by atoms with Gasteiger partial charge in [0, 0.05) is 16.9 Å². The van der Waals surface area contributed by atoms with E-state index >= 15 is 0 Å². The van der Waals surface area contributed by atoms with Crippen LogP contribution in [0.25, 0.3) is 0 Å². The van der Waals surface area contributed by atoms with E-state index in [-0.39, 0.29) is 4.90 Å². The van der Waals surface area contributed by atoms with Crippen molar-refractivity contribution < 1.29 is 8.42 Å². The highest BCUT2D eigenvalue weighted by molar-refractivity contribution is 9.10. The molecule has 100 valence electrons. The molecule has 1 aromatic heterocycles. The van der Waals surface area contributed by atoms with E-state index in [1.165, 1.54) is 12.4 Å². The number of anilines is 1. The number of halogens is 1. The van der Waals surface area contributed by atoms with Gasteiger partial charge in [0.15, 0.2) is 0 Å². The van der Waals surface area contributed by atoms with Crippen molar-refractivity contribution in [2.75, 3.05) is 4.72 Å². The molecule has 4 nitrogen and oxygen atoms in total. The molecule has 0 spiro atoms. The molecule has 19 heavy (non-hydrogen) atoms. The number of pyridine rings is 1. The second kappa shape index (κ2) is 5.30. The summed E-state index contributed by atoms with van der Waals surface area (Å²) in [5, 5.41) is 0. The molecule has 6 heteroatoms. The topological polar surface area (TPSA) is 59.1 Å². The molecular weight excluding hydrogens is 328 g/mol. The SMILES string of the molecule is Cc1cc(Br)c(S(=O)(=O)Nc2ccncc2)cc1C. The van der Waals surface area contributed by atoms with Gasteiger partial charge < -0.3 is 0 Å². The number of hydrogen-bond acceptors (Lipinski definition) is 3. The first-order chi connectivity index (χ1) is 8.90. The summed E-state index contributed by atoms with van der Waals surface area (Å²) in [6.07, 6.45) is 3.07. The third-order valence-electron chi connectivity index (χ3n) is 2.77. The Morgan fingerprint density at radius 1 is 1.11 bits per heavy atom. The molecule has 0 aliphatic heterocycles. The number of rotatable bonds is 3. The number of sulfonamides is 1. The molecule has 1 N–H and O–H groups in total. The molecule has 0 saturated heterocycles. The lowest BCUT2D eigenvalue weighted by atomic mass is 10.1. The van der Waals surface area contributed by atoms with Crippen LogP contribution in [0.1, 0.15) is 11.1 Å². The lowest BCUT2D eigenvalue weighted by Gasteiger charge is -2.11. The first kappa shape index (κ1) is 14.0. The maximum absolute atomic E-state index is 12.3. The second-order valence-corrected chi connectivity index (χ2v) is 6.71. The molecular formula is C13H13BrN2O2S. The van der Waals surface area contributed by atoms with E-state index < -0.39 is 10.0 Å². The number of nitrogens with zero attached hydrogens (tertiary/aromatic N) is 1. The Balaban J connectivity index is 2.43. The molecule has 2 aromatic rings. The van der Waals surface area contributed by atoms with Crippen LogP contribution in [0.3, 0.4) is 0 Å². The third kappa shape index (κ3) is 3.13. The quantitative estimate of drug-likeness (QED) is 0.932. The summed E-state index contributed by atoms with van der Waals surface area (Å²) < 4.78 is 27.7. The van der Waals surface area contributed by atoms with Gasteiger partial charge in [-0.15, -0.1) is 0 Å². The highest BCUT2D eigenvalue weighted by Gasteiger charge is 2.18. The first-order valence-electron chi connectivity index (χ1n) is 5.60. The molecule has 0 radical (unpaired) electrons. The van der Waals surface area contributed by atoms with Crippen molar-refractivity contribution in [1.82, 2.24) is 4.98 Å². The fourth-order valence-corrected chi connectivity index (χ4v) is 3.89. The van der Waals surface area contributed by atoms with Crippen molar-refractivity contribution in [3.8, 4) is 0 Å². The summed E-state index contributed by atoms with van der Waals surface area (Å²) >= 11 is 3.30. The minimum Gasteiger partial charge on any atom is -0.279 e. The van der Waals surface area contributed by atoms with Gasteiger partial charge in [-0.2, -0.15) is 0 Å². The molecule has 1 aromatic carbocycles. The Bertz CT molecular complexity index is 700. The summed E-state index contributed by atoms with van der Waals surface area (Å²) in [5.41, 5.74) is 2.45. The van der Waals surface area contributed by atoms with Crippen molar-refractivity contribution in [3.63, 3.8) is 0 Å². The molecule has 0 aliphatic carbocycles. The largest absolute Gasteiger partial charge is 0.279 e. The van der Waals surface area contributed by atoms with E-state index in [0.717, 1.165) is 11.1 Å². The van der Waals surface area contributed by atoms with Crippen LogP contribution in [0.4, 0.5) is 5.69 Å². The lowest BCUT2D eigenvalue weighted by molar-refractivity contribution is 0.600. The van der Waals surface area contributed by atoms with E-state index in [1.54, 1.807) is 24.3 Å². The van der Waals surface area contributed by atoms with E-state index in [9.17, 15) is 8.42 Å². The Morgan fingerprint density at radius 3 is 2.32 bits per heavy atom. The average Bonchev–Trinajstić information content (AvgIpc) is 2.34. The Kier molecular flexibility index (Phi) is 3.91. The number of aryl methyl sites for hydroxylation is 2. The Labute approximate surface area is 121 Å². The first-order valence-corrected chi connectivity index (χ1v) is 7.87. The van der Waals surface area contributed by atoms with Gasteiger partial charge in [0.2, 0.25) is 0 Å². The molecule has 0 aliphatic rings. The fraction of sp³-hybridized carbons (Fsp3) is 0.154. The summed E-state index contributed by atoms with van der Waals surface area (Å²) in [4.78, 5) is 4.08. The van der Waals surface area contributed by atoms with Crippen molar-refractivity contribution in [3.05, 3.63) is 52.3 Å². The van der Waals surface area contributed by atoms with Gasteiger partial charge in [-0.25, -0.2) is 8.42 Å². The molecule has 0 fully saturated rings. The van der Waals surface area contributed by atoms with Gasteiger partial charge in [-0.05, 0) is 65.2 Å². The highest BCUT2D eigenvalue weighted by atomic mass is 79.9. The van der Waals surface area contributed by atoms with Crippen molar-refractivity contribution in [1.29, 1.82) is 0 Å². The molecule has 0 amide bonds. The van der Waals surface area contributed by atoms with Crippen LogP contribution in [0.2, 0.25) is 0 Å². The zero-order chi connectivity index (χ0) is 14.0. The highest BCUT2D eigenvalue weighted by Crippen LogP contribution is 2.27. The van der Waals surface area contributed by atoms with Crippen LogP contribution >= 0.6 is 15.9 Å². The van der Waals surface area contributed by atoms with E-state index in [1.807, 2.05) is 13.8 Å². The maximum atomic E-state index is 12.3. The molecule has 0 saturated carbocycles. The average molecular weight is 341 g/mol. The van der Waals surface area contributed by atoms with Crippen molar-refractivity contribution in [2.45, 2.75) is 18.7 Å². The van der Waals surface area contributed by atoms with Gasteiger partial charge in [0.25, 0.3) is 10.0 Å². The van der Waals surface area contributed by atoms with Crippen molar-refractivity contribution >= 4 is 31.6 Å². The fourth-order valence-electron chi connectivity index (χ4n) is 1.59. The molecule has 1 heterocycles. The third-order valence-corrected chi connectivity index (χ3v) is 5.11. The summed E-state index contributed by atoms with van der Waals surface area (Å²) in [6.45, 7) is 3.82. The predicted molar refractivity (Wildman–Crippen MR) is 78.7 cm³/mol. The number of hydrogen-bond donors (Lipinski definition) is 1. The summed E-state index contributed by atoms with van der Waals surface area (Å²) in [5.74, 6) is 0. The Morgan fingerprint density at radius 2 is 1.68 bits per heavy atom. The van der Waals surface area contributed by atoms with Crippen LogP contribution < -0.4 is 4.72 Å². The monoisotopic (exact) mass is 340 g/mol. The molecule has 0 unspecified atom stereocenters. The normalized spacial score (nSPS) is 11.3. The van der Waals surface area contributed by atoms with Crippen LogP contribution in [-0.2, 0) is 10.0 Å².